The highest BCUT2D eigenvalue weighted by Gasteiger charge is 2.25. The molecular weight excluding hydrogens is 380 g/mol. The van der Waals surface area contributed by atoms with E-state index < -0.39 is 0 Å². The molecule has 3 heterocycles. The van der Waals surface area contributed by atoms with Crippen molar-refractivity contribution in [2.24, 2.45) is 5.92 Å². The standard InChI is InChI=1S/C23H32N4O3/c28-23-24-22(25-27(23)19-6-7-20-21(16-19)30-15-14-29-20)18-9-12-26(13-10-18)11-8-17-4-2-1-3-5-17/h6-7,16-18H,1-5,8-15H2,(H,24,25,28). The molecule has 0 radical (unpaired) electrons. The summed E-state index contributed by atoms with van der Waals surface area (Å²) in [6, 6.07) is 5.53. The van der Waals surface area contributed by atoms with Gasteiger partial charge in [-0.2, -0.15) is 4.68 Å². The van der Waals surface area contributed by atoms with Crippen LogP contribution in [0.2, 0.25) is 0 Å². The number of aromatic nitrogens is 3. The van der Waals surface area contributed by atoms with Gasteiger partial charge < -0.3 is 14.4 Å². The van der Waals surface area contributed by atoms with Gasteiger partial charge in [0.15, 0.2) is 11.5 Å². The molecule has 1 aromatic carbocycles. The van der Waals surface area contributed by atoms with Crippen molar-refractivity contribution in [1.29, 1.82) is 0 Å². The molecule has 7 nitrogen and oxygen atoms in total. The van der Waals surface area contributed by atoms with E-state index in [-0.39, 0.29) is 5.69 Å². The molecular formula is C23H32N4O3. The van der Waals surface area contributed by atoms with Crippen LogP contribution >= 0.6 is 0 Å². The van der Waals surface area contributed by atoms with Gasteiger partial charge in [-0.15, -0.1) is 5.10 Å². The molecule has 1 aliphatic carbocycles. The van der Waals surface area contributed by atoms with E-state index in [1.54, 1.807) is 0 Å². The number of ether oxygens (including phenoxy) is 2. The first-order valence-corrected chi connectivity index (χ1v) is 11.6. The Morgan fingerprint density at radius 2 is 1.77 bits per heavy atom. The van der Waals surface area contributed by atoms with Gasteiger partial charge in [-0.1, -0.05) is 32.1 Å². The number of nitrogens with zero attached hydrogens (tertiary/aromatic N) is 3. The second kappa shape index (κ2) is 8.84. The molecule has 0 spiro atoms. The van der Waals surface area contributed by atoms with E-state index in [2.05, 4.69) is 15.0 Å². The summed E-state index contributed by atoms with van der Waals surface area (Å²) in [4.78, 5) is 18.2. The molecule has 1 N–H and O–H groups in total. The van der Waals surface area contributed by atoms with Crippen LogP contribution in [0.3, 0.4) is 0 Å². The van der Waals surface area contributed by atoms with Crippen LogP contribution in [0.25, 0.3) is 5.69 Å². The minimum Gasteiger partial charge on any atom is -0.486 e. The van der Waals surface area contributed by atoms with Crippen LogP contribution in [0.5, 0.6) is 11.5 Å². The molecule has 5 rings (SSSR count). The first-order chi connectivity index (χ1) is 14.8. The predicted octanol–water partition coefficient (Wildman–Crippen LogP) is 3.48. The Kier molecular flexibility index (Phi) is 5.79. The Bertz CT molecular complexity index is 907. The molecule has 3 aliphatic rings. The van der Waals surface area contributed by atoms with Gasteiger partial charge in [-0.3, -0.25) is 4.98 Å². The third kappa shape index (κ3) is 4.26. The maximum Gasteiger partial charge on any atom is 0.348 e. The van der Waals surface area contributed by atoms with E-state index in [0.29, 0.717) is 30.6 Å². The fourth-order valence-electron chi connectivity index (χ4n) is 5.13. The van der Waals surface area contributed by atoms with Crippen molar-refractivity contribution in [1.82, 2.24) is 19.7 Å². The normalized spacial score (nSPS) is 21.1. The third-order valence-electron chi connectivity index (χ3n) is 6.96. The lowest BCUT2D eigenvalue weighted by atomic mass is 9.86. The summed E-state index contributed by atoms with van der Waals surface area (Å²) in [7, 11) is 0. The van der Waals surface area contributed by atoms with Crippen molar-refractivity contribution >= 4 is 0 Å². The van der Waals surface area contributed by atoms with Crippen molar-refractivity contribution in [2.45, 2.75) is 57.3 Å². The van der Waals surface area contributed by atoms with Gasteiger partial charge in [0.2, 0.25) is 0 Å². The number of aromatic amines is 1. The number of benzene rings is 1. The number of likely N-dealkylation sites (tertiary alicyclic amines) is 1. The van der Waals surface area contributed by atoms with Crippen molar-refractivity contribution in [2.75, 3.05) is 32.8 Å². The number of hydrogen-bond donors (Lipinski definition) is 1. The summed E-state index contributed by atoms with van der Waals surface area (Å²) in [5.41, 5.74) is 0.512. The summed E-state index contributed by atoms with van der Waals surface area (Å²) >= 11 is 0. The van der Waals surface area contributed by atoms with Gasteiger partial charge in [-0.25, -0.2) is 4.79 Å². The monoisotopic (exact) mass is 412 g/mol. The van der Waals surface area contributed by atoms with Crippen LogP contribution in [-0.4, -0.2) is 52.5 Å². The summed E-state index contributed by atoms with van der Waals surface area (Å²) < 4.78 is 12.7. The molecule has 0 bridgehead atoms. The number of H-pyrrole nitrogens is 1. The topological polar surface area (TPSA) is 72.4 Å². The highest BCUT2D eigenvalue weighted by Crippen LogP contribution is 2.32. The average molecular weight is 413 g/mol. The van der Waals surface area contributed by atoms with Crippen LogP contribution in [0.15, 0.2) is 23.0 Å². The summed E-state index contributed by atoms with van der Waals surface area (Å²) in [6.07, 6.45) is 10.6. The van der Waals surface area contributed by atoms with Crippen molar-refractivity contribution < 1.29 is 9.47 Å². The molecule has 162 valence electrons. The molecule has 1 saturated carbocycles. The number of rotatable bonds is 5. The molecule has 0 atom stereocenters. The lowest BCUT2D eigenvalue weighted by Crippen LogP contribution is -2.35. The van der Waals surface area contributed by atoms with Crippen LogP contribution < -0.4 is 15.2 Å². The van der Waals surface area contributed by atoms with E-state index in [9.17, 15) is 4.79 Å². The highest BCUT2D eigenvalue weighted by molar-refractivity contribution is 5.49. The molecule has 1 aromatic heterocycles. The van der Waals surface area contributed by atoms with Gasteiger partial charge >= 0.3 is 5.69 Å². The Balaban J connectivity index is 1.20. The average Bonchev–Trinajstić information content (AvgIpc) is 3.20. The van der Waals surface area contributed by atoms with Gasteiger partial charge in [0.05, 0.1) is 5.69 Å². The number of hydrogen-bond acceptors (Lipinski definition) is 5. The maximum atomic E-state index is 12.6. The second-order valence-corrected chi connectivity index (χ2v) is 8.96. The summed E-state index contributed by atoms with van der Waals surface area (Å²) in [6.45, 7) is 4.49. The van der Waals surface area contributed by atoms with Gasteiger partial charge in [0, 0.05) is 12.0 Å². The smallest absolute Gasteiger partial charge is 0.348 e. The zero-order chi connectivity index (χ0) is 20.3. The lowest BCUT2D eigenvalue weighted by molar-refractivity contribution is 0.171. The van der Waals surface area contributed by atoms with E-state index in [1.165, 1.54) is 49.8 Å². The Morgan fingerprint density at radius 1 is 1.00 bits per heavy atom. The maximum absolute atomic E-state index is 12.6. The number of nitrogens with one attached hydrogen (secondary N) is 1. The summed E-state index contributed by atoms with van der Waals surface area (Å²) in [5.74, 6) is 3.45. The third-order valence-corrected chi connectivity index (χ3v) is 6.96. The highest BCUT2D eigenvalue weighted by atomic mass is 16.6. The van der Waals surface area contributed by atoms with Gasteiger partial charge in [-0.05, 0) is 56.9 Å². The molecule has 2 fully saturated rings. The molecule has 7 heteroatoms. The first-order valence-electron chi connectivity index (χ1n) is 11.6. The Hall–Kier alpha value is -2.28. The molecule has 0 unspecified atom stereocenters. The van der Waals surface area contributed by atoms with Crippen molar-refractivity contribution in [3.8, 4) is 17.2 Å². The predicted molar refractivity (Wildman–Crippen MR) is 115 cm³/mol. The lowest BCUT2D eigenvalue weighted by Gasteiger charge is -2.32. The van der Waals surface area contributed by atoms with Crippen molar-refractivity contribution in [3.63, 3.8) is 0 Å². The molecule has 2 aliphatic heterocycles. The minimum absolute atomic E-state index is 0.193. The largest absolute Gasteiger partial charge is 0.486 e. The second-order valence-electron chi connectivity index (χ2n) is 8.96. The van der Waals surface area contributed by atoms with Crippen molar-refractivity contribution in [3.05, 3.63) is 34.5 Å². The molecule has 2 aromatic rings. The van der Waals surface area contributed by atoms with Gasteiger partial charge in [0.25, 0.3) is 0 Å². The van der Waals surface area contributed by atoms with E-state index in [4.69, 9.17) is 9.47 Å². The first kappa shape index (κ1) is 19.7. The van der Waals surface area contributed by atoms with Crippen LogP contribution in [0, 0.1) is 5.92 Å². The summed E-state index contributed by atoms with van der Waals surface area (Å²) in [5, 5.41) is 4.63. The molecule has 30 heavy (non-hydrogen) atoms. The van der Waals surface area contributed by atoms with Crippen LogP contribution in [0.4, 0.5) is 0 Å². The van der Waals surface area contributed by atoms with Crippen LogP contribution in [-0.2, 0) is 0 Å². The minimum atomic E-state index is -0.193. The zero-order valence-electron chi connectivity index (χ0n) is 17.6. The Morgan fingerprint density at radius 3 is 2.57 bits per heavy atom. The Labute approximate surface area is 177 Å². The SMILES string of the molecule is O=c1[nH]c(C2CCN(CCC3CCCCC3)CC2)nn1-c1ccc2c(c1)OCCO2. The molecule has 1 saturated heterocycles. The quantitative estimate of drug-likeness (QED) is 0.814. The van der Waals surface area contributed by atoms with Crippen LogP contribution in [0.1, 0.15) is 63.1 Å². The number of fused-ring (bicyclic) bond motifs is 1. The fourth-order valence-corrected chi connectivity index (χ4v) is 5.13. The van der Waals surface area contributed by atoms with E-state index in [0.717, 1.165) is 43.4 Å². The van der Waals surface area contributed by atoms with Gasteiger partial charge in [0.1, 0.15) is 19.0 Å². The number of piperidine rings is 1. The van der Waals surface area contributed by atoms with E-state index >= 15 is 0 Å². The van der Waals surface area contributed by atoms with E-state index in [1.807, 2.05) is 18.2 Å². The molecule has 0 amide bonds. The zero-order valence-corrected chi connectivity index (χ0v) is 17.6. The fraction of sp³-hybridized carbons (Fsp3) is 0.652.